The lowest BCUT2D eigenvalue weighted by atomic mass is 10.3. The molecular weight excluding hydrogens is 286 g/mol. The molecule has 0 atom stereocenters. The fourth-order valence-corrected chi connectivity index (χ4v) is 2.34. The van der Waals surface area contributed by atoms with Gasteiger partial charge in [0.05, 0.1) is 0 Å². The third-order valence-electron chi connectivity index (χ3n) is 3.51. The summed E-state index contributed by atoms with van der Waals surface area (Å²) in [6.07, 6.45) is 3.02. The average molecular weight is 303 g/mol. The van der Waals surface area contributed by atoms with Crippen LogP contribution < -0.4 is 4.90 Å². The van der Waals surface area contributed by atoms with Gasteiger partial charge in [0.25, 0.3) is 0 Å². The van der Waals surface area contributed by atoms with Gasteiger partial charge in [-0.1, -0.05) is 0 Å². The highest BCUT2D eigenvalue weighted by molar-refractivity contribution is 5.77. The molecule has 2 aromatic rings. The molecule has 0 bridgehead atoms. The molecule has 3 heterocycles. The van der Waals surface area contributed by atoms with Crippen molar-refractivity contribution in [2.24, 2.45) is 0 Å². The highest BCUT2D eigenvalue weighted by atomic mass is 16.5. The van der Waals surface area contributed by atoms with Gasteiger partial charge in [-0.05, 0) is 12.1 Å². The van der Waals surface area contributed by atoms with Gasteiger partial charge in [-0.3, -0.25) is 4.79 Å². The molecule has 0 aliphatic carbocycles. The van der Waals surface area contributed by atoms with Crippen LogP contribution in [-0.4, -0.2) is 75.7 Å². The largest absolute Gasteiger partial charge is 0.375 e. The summed E-state index contributed by atoms with van der Waals surface area (Å²) >= 11 is 0. The summed E-state index contributed by atoms with van der Waals surface area (Å²) in [6.45, 7) is 2.91. The summed E-state index contributed by atoms with van der Waals surface area (Å²) in [5.74, 6) is 1.44. The zero-order valence-corrected chi connectivity index (χ0v) is 12.3. The highest BCUT2D eigenvalue weighted by Crippen LogP contribution is 2.13. The van der Waals surface area contributed by atoms with Crippen LogP contribution in [0.5, 0.6) is 0 Å². The smallest absolute Gasteiger partial charge is 0.248 e. The Morgan fingerprint density at radius 1 is 1.18 bits per heavy atom. The summed E-state index contributed by atoms with van der Waals surface area (Å²) in [5.41, 5.74) is 0. The number of hydrogen-bond acceptors (Lipinski definition) is 7. The Hall–Kier alpha value is -2.55. The maximum atomic E-state index is 11.8. The van der Waals surface area contributed by atoms with Crippen LogP contribution in [0, 0.1) is 0 Å². The summed E-state index contributed by atoms with van der Waals surface area (Å²) in [7, 11) is 1.53. The number of methoxy groups -OCH3 is 1. The minimum absolute atomic E-state index is 0.0229. The van der Waals surface area contributed by atoms with Crippen molar-refractivity contribution in [3.63, 3.8) is 0 Å². The number of aromatic nitrogens is 5. The molecule has 2 aromatic heterocycles. The number of hydrogen-bond donors (Lipinski definition) is 0. The van der Waals surface area contributed by atoms with E-state index in [1.165, 1.54) is 13.4 Å². The van der Waals surface area contributed by atoms with E-state index in [0.29, 0.717) is 18.9 Å². The van der Waals surface area contributed by atoms with Crippen LogP contribution in [0.1, 0.15) is 0 Å². The first kappa shape index (κ1) is 14.4. The van der Waals surface area contributed by atoms with Crippen LogP contribution in [0.25, 0.3) is 5.82 Å². The second kappa shape index (κ2) is 6.48. The van der Waals surface area contributed by atoms with Crippen LogP contribution in [0.3, 0.4) is 0 Å². The highest BCUT2D eigenvalue weighted by Gasteiger charge is 2.21. The lowest BCUT2D eigenvalue weighted by molar-refractivity contribution is -0.135. The van der Waals surface area contributed by atoms with Gasteiger partial charge in [0.1, 0.15) is 19.3 Å². The van der Waals surface area contributed by atoms with Crippen molar-refractivity contribution >= 4 is 11.7 Å². The maximum Gasteiger partial charge on any atom is 0.248 e. The summed E-state index contributed by atoms with van der Waals surface area (Å²) in [6, 6.07) is 3.75. The number of ether oxygens (including phenoxy) is 1. The zero-order valence-electron chi connectivity index (χ0n) is 12.3. The Balaban J connectivity index is 1.61. The minimum atomic E-state index is 0.0229. The number of rotatable bonds is 4. The second-order valence-corrected chi connectivity index (χ2v) is 4.89. The van der Waals surface area contributed by atoms with Crippen molar-refractivity contribution in [1.82, 2.24) is 29.9 Å². The van der Waals surface area contributed by atoms with Gasteiger partial charge < -0.3 is 14.5 Å². The van der Waals surface area contributed by atoms with Crippen LogP contribution in [0.2, 0.25) is 0 Å². The first-order valence-corrected chi connectivity index (χ1v) is 6.98. The van der Waals surface area contributed by atoms with Crippen LogP contribution in [0.4, 0.5) is 5.82 Å². The Morgan fingerprint density at radius 3 is 2.50 bits per heavy atom. The molecule has 1 amide bonds. The van der Waals surface area contributed by atoms with Gasteiger partial charge in [-0.15, -0.1) is 10.2 Å². The van der Waals surface area contributed by atoms with Crippen molar-refractivity contribution in [2.45, 2.75) is 0 Å². The standard InChI is InChI=1S/C13H17N7O2/c1-22-8-13(21)19-6-4-18(5-7-19)11-2-3-12(17-16-11)20-10-14-9-15-20/h2-3,9-10H,4-8H2,1H3. The first-order valence-electron chi connectivity index (χ1n) is 6.98. The molecule has 0 radical (unpaired) electrons. The van der Waals surface area contributed by atoms with E-state index in [2.05, 4.69) is 25.2 Å². The Labute approximate surface area is 127 Å². The average Bonchev–Trinajstić information content (AvgIpc) is 3.10. The van der Waals surface area contributed by atoms with Crippen molar-refractivity contribution in [2.75, 3.05) is 44.8 Å². The predicted molar refractivity (Wildman–Crippen MR) is 77.6 cm³/mol. The normalized spacial score (nSPS) is 15.1. The van der Waals surface area contributed by atoms with Crippen molar-refractivity contribution in [3.8, 4) is 5.82 Å². The van der Waals surface area contributed by atoms with Gasteiger partial charge in [0, 0.05) is 33.3 Å². The molecule has 22 heavy (non-hydrogen) atoms. The van der Waals surface area contributed by atoms with E-state index in [0.717, 1.165) is 18.9 Å². The number of amides is 1. The monoisotopic (exact) mass is 303 g/mol. The maximum absolute atomic E-state index is 11.8. The molecule has 116 valence electrons. The van der Waals surface area contributed by atoms with E-state index in [4.69, 9.17) is 4.74 Å². The number of carbonyl (C=O) groups is 1. The van der Waals surface area contributed by atoms with E-state index in [-0.39, 0.29) is 12.5 Å². The number of piperazine rings is 1. The molecule has 0 aromatic carbocycles. The number of anilines is 1. The Morgan fingerprint density at radius 2 is 1.91 bits per heavy atom. The van der Waals surface area contributed by atoms with Gasteiger partial charge in [-0.2, -0.15) is 5.10 Å². The van der Waals surface area contributed by atoms with Crippen LogP contribution in [-0.2, 0) is 9.53 Å². The van der Waals surface area contributed by atoms with Gasteiger partial charge >= 0.3 is 0 Å². The molecule has 3 rings (SSSR count). The fraction of sp³-hybridized carbons (Fsp3) is 0.462. The topological polar surface area (TPSA) is 89.3 Å². The van der Waals surface area contributed by atoms with Crippen molar-refractivity contribution in [1.29, 1.82) is 0 Å². The van der Waals surface area contributed by atoms with E-state index in [9.17, 15) is 4.79 Å². The van der Waals surface area contributed by atoms with Crippen LogP contribution >= 0.6 is 0 Å². The summed E-state index contributed by atoms with van der Waals surface area (Å²) < 4.78 is 6.43. The molecule has 0 saturated carbocycles. The van der Waals surface area contributed by atoms with Gasteiger partial charge in [-0.25, -0.2) is 9.67 Å². The minimum Gasteiger partial charge on any atom is -0.375 e. The molecule has 9 nitrogen and oxygen atoms in total. The van der Waals surface area contributed by atoms with E-state index in [1.807, 2.05) is 12.1 Å². The molecule has 1 fully saturated rings. The third kappa shape index (κ3) is 3.03. The van der Waals surface area contributed by atoms with E-state index < -0.39 is 0 Å². The van der Waals surface area contributed by atoms with Crippen molar-refractivity contribution < 1.29 is 9.53 Å². The predicted octanol–water partition coefficient (Wildman–Crippen LogP) is -0.648. The zero-order chi connectivity index (χ0) is 15.4. The Bertz CT molecular complexity index is 606. The van der Waals surface area contributed by atoms with Gasteiger partial charge in [0.2, 0.25) is 5.91 Å². The lowest BCUT2D eigenvalue weighted by Crippen LogP contribution is -2.50. The summed E-state index contributed by atoms with van der Waals surface area (Å²) in [5, 5.41) is 12.4. The SMILES string of the molecule is COCC(=O)N1CCN(c2ccc(-n3cncn3)nn2)CC1. The lowest BCUT2D eigenvalue weighted by Gasteiger charge is -2.35. The second-order valence-electron chi connectivity index (χ2n) is 4.89. The van der Waals surface area contributed by atoms with Gasteiger partial charge in [0.15, 0.2) is 11.6 Å². The molecule has 0 N–H and O–H groups in total. The quantitative estimate of drug-likeness (QED) is 0.741. The molecular formula is C13H17N7O2. The molecule has 1 saturated heterocycles. The number of carbonyl (C=O) groups excluding carboxylic acids is 1. The molecule has 0 spiro atoms. The number of nitrogens with zero attached hydrogens (tertiary/aromatic N) is 7. The molecule has 9 heteroatoms. The fourth-order valence-electron chi connectivity index (χ4n) is 2.34. The van der Waals surface area contributed by atoms with Crippen molar-refractivity contribution in [3.05, 3.63) is 24.8 Å². The van der Waals surface area contributed by atoms with Crippen LogP contribution in [0.15, 0.2) is 24.8 Å². The molecule has 0 unspecified atom stereocenters. The first-order chi connectivity index (χ1) is 10.8. The molecule has 1 aliphatic heterocycles. The van der Waals surface area contributed by atoms with E-state index in [1.54, 1.807) is 15.9 Å². The molecule has 1 aliphatic rings. The summed E-state index contributed by atoms with van der Waals surface area (Å²) in [4.78, 5) is 19.5. The Kier molecular flexibility index (Phi) is 4.24. The third-order valence-corrected chi connectivity index (χ3v) is 3.51. The van der Waals surface area contributed by atoms with E-state index >= 15 is 0 Å².